The van der Waals surface area contributed by atoms with E-state index in [2.05, 4.69) is 217 Å². The van der Waals surface area contributed by atoms with Crippen LogP contribution in [0.15, 0.2) is 212 Å². The maximum atomic E-state index is 2.52. The summed E-state index contributed by atoms with van der Waals surface area (Å²) in [5, 5.41) is 7.63. The summed E-state index contributed by atoms with van der Waals surface area (Å²) >= 11 is 1.91. The predicted molar refractivity (Wildman–Crippen MR) is 251 cm³/mol. The largest absolute Gasteiger partial charge is 0.310 e. The van der Waals surface area contributed by atoms with E-state index < -0.39 is 0 Å². The van der Waals surface area contributed by atoms with Crippen LogP contribution < -0.4 is 4.90 Å². The maximum Gasteiger partial charge on any atom is 0.0725 e. The zero-order chi connectivity index (χ0) is 38.7. The van der Waals surface area contributed by atoms with Gasteiger partial charge in [0.1, 0.15) is 0 Å². The summed E-state index contributed by atoms with van der Waals surface area (Å²) in [6, 6.07) is 79.1. The molecule has 2 aliphatic rings. The first-order valence-corrected chi connectivity index (χ1v) is 21.2. The first kappa shape index (κ1) is 32.8. The van der Waals surface area contributed by atoms with Crippen molar-refractivity contribution in [3.05, 3.63) is 235 Å². The van der Waals surface area contributed by atoms with Gasteiger partial charge >= 0.3 is 0 Å². The number of benzene rings is 10. The van der Waals surface area contributed by atoms with Gasteiger partial charge in [-0.2, -0.15) is 0 Å². The van der Waals surface area contributed by atoms with Crippen LogP contribution in [-0.2, 0) is 5.41 Å². The molecule has 1 heterocycles. The number of hydrogen-bond donors (Lipinski definition) is 0. The van der Waals surface area contributed by atoms with Crippen molar-refractivity contribution in [2.24, 2.45) is 0 Å². The topological polar surface area (TPSA) is 3.24 Å². The Kier molecular flexibility index (Phi) is 6.87. The molecule has 1 aromatic heterocycles. The molecule has 11 aromatic rings. The van der Waals surface area contributed by atoms with Crippen molar-refractivity contribution in [3.8, 4) is 33.4 Å². The quantitative estimate of drug-likeness (QED) is 0.172. The van der Waals surface area contributed by atoms with Crippen molar-refractivity contribution in [2.45, 2.75) is 5.41 Å². The van der Waals surface area contributed by atoms with Crippen LogP contribution in [-0.4, -0.2) is 0 Å². The number of hydrogen-bond acceptors (Lipinski definition) is 2. The second kappa shape index (κ2) is 12.4. The Labute approximate surface area is 346 Å². The van der Waals surface area contributed by atoms with Crippen LogP contribution in [0.25, 0.3) is 75.1 Å². The van der Waals surface area contributed by atoms with Gasteiger partial charge in [0.2, 0.25) is 0 Å². The van der Waals surface area contributed by atoms with Crippen molar-refractivity contribution in [1.29, 1.82) is 0 Å². The van der Waals surface area contributed by atoms with E-state index in [0.29, 0.717) is 0 Å². The fraction of sp³-hybridized carbons (Fsp3) is 0.0175. The molecular weight excluding hydrogens is 731 g/mol. The molecule has 0 saturated carbocycles. The molecule has 2 heteroatoms. The van der Waals surface area contributed by atoms with Crippen LogP contribution in [0.3, 0.4) is 0 Å². The van der Waals surface area contributed by atoms with E-state index in [-0.39, 0.29) is 5.41 Å². The van der Waals surface area contributed by atoms with E-state index in [1.165, 1.54) is 103 Å². The molecular formula is C57H35NS. The third-order valence-electron chi connectivity index (χ3n) is 13.1. The Morgan fingerprint density at radius 1 is 0.339 bits per heavy atom. The van der Waals surface area contributed by atoms with Gasteiger partial charge in [0.25, 0.3) is 0 Å². The molecule has 0 amide bonds. The highest BCUT2D eigenvalue weighted by Crippen LogP contribution is 2.63. The maximum absolute atomic E-state index is 2.52. The van der Waals surface area contributed by atoms with Gasteiger partial charge in [0.05, 0.1) is 11.1 Å². The van der Waals surface area contributed by atoms with Gasteiger partial charge in [0.15, 0.2) is 0 Å². The summed E-state index contributed by atoms with van der Waals surface area (Å²) < 4.78 is 2.61. The molecule has 0 bridgehead atoms. The number of fused-ring (bicyclic) bond motifs is 16. The Morgan fingerprint density at radius 2 is 0.932 bits per heavy atom. The average Bonchev–Trinajstić information content (AvgIpc) is 3.93. The number of anilines is 3. The molecule has 13 rings (SSSR count). The lowest BCUT2D eigenvalue weighted by atomic mass is 9.70. The summed E-state index contributed by atoms with van der Waals surface area (Å²) in [7, 11) is 0. The molecule has 59 heavy (non-hydrogen) atoms. The molecule has 1 nitrogen and oxygen atoms in total. The number of rotatable bonds is 4. The second-order valence-corrected chi connectivity index (χ2v) is 17.0. The molecule has 0 atom stereocenters. The van der Waals surface area contributed by atoms with E-state index >= 15 is 0 Å². The molecule has 0 unspecified atom stereocenters. The lowest BCUT2D eigenvalue weighted by Gasteiger charge is -2.30. The number of para-hydroxylation sites is 1. The average molecular weight is 766 g/mol. The van der Waals surface area contributed by atoms with Gasteiger partial charge in [-0.05, 0) is 109 Å². The predicted octanol–water partition coefficient (Wildman–Crippen LogP) is 15.8. The highest BCUT2D eigenvalue weighted by atomic mass is 32.1. The van der Waals surface area contributed by atoms with Gasteiger partial charge in [-0.1, -0.05) is 170 Å². The third-order valence-corrected chi connectivity index (χ3v) is 14.3. The fourth-order valence-electron chi connectivity index (χ4n) is 10.6. The molecule has 10 aromatic carbocycles. The lowest BCUT2D eigenvalue weighted by Crippen LogP contribution is -2.25. The molecule has 0 radical (unpaired) electrons. The van der Waals surface area contributed by atoms with Crippen LogP contribution in [0.1, 0.15) is 22.3 Å². The van der Waals surface area contributed by atoms with Crippen LogP contribution in [0.2, 0.25) is 0 Å². The summed E-state index contributed by atoms with van der Waals surface area (Å²) in [6.45, 7) is 0. The van der Waals surface area contributed by atoms with Crippen molar-refractivity contribution >= 4 is 70.1 Å². The van der Waals surface area contributed by atoms with E-state index in [4.69, 9.17) is 0 Å². The number of nitrogens with zero attached hydrogens (tertiary/aromatic N) is 1. The Bertz CT molecular complexity index is 3450. The normalized spacial score (nSPS) is 13.2. The molecule has 0 aliphatic heterocycles. The molecule has 2 aliphatic carbocycles. The van der Waals surface area contributed by atoms with Gasteiger partial charge in [-0.15, -0.1) is 11.3 Å². The lowest BCUT2D eigenvalue weighted by molar-refractivity contribution is 0.794. The van der Waals surface area contributed by atoms with E-state index in [1.54, 1.807) is 0 Å². The van der Waals surface area contributed by atoms with Gasteiger partial charge in [-0.3, -0.25) is 0 Å². The smallest absolute Gasteiger partial charge is 0.0725 e. The molecule has 0 N–H and O–H groups in total. The zero-order valence-corrected chi connectivity index (χ0v) is 32.9. The third kappa shape index (κ3) is 4.50. The van der Waals surface area contributed by atoms with E-state index in [0.717, 1.165) is 11.4 Å². The monoisotopic (exact) mass is 765 g/mol. The van der Waals surface area contributed by atoms with Crippen molar-refractivity contribution in [2.75, 3.05) is 4.90 Å². The number of thiophene rings is 1. The first-order valence-electron chi connectivity index (χ1n) is 20.4. The molecule has 1 spiro atoms. The minimum absolute atomic E-state index is 0.380. The standard InChI is InChI=1S/C57H35NS/c1-2-17-38(18-3-1)58(54-28-14-16-36-15-4-5-19-40(36)54)39-30-32-46-49-35-48(41-20-6-7-24-47(41)56(49)59-55(46)34-39)37-29-31-45-44-23-10-13-27-52(44)57(53(45)33-37)50-25-11-8-21-42(50)43-22-9-12-26-51(43)57/h1-35H. The summed E-state index contributed by atoms with van der Waals surface area (Å²) in [6.07, 6.45) is 0. The molecule has 0 fully saturated rings. The first-order chi connectivity index (χ1) is 29.3. The van der Waals surface area contributed by atoms with E-state index in [1.807, 2.05) is 11.3 Å². The Hall–Kier alpha value is -7.26. The molecule has 274 valence electrons. The van der Waals surface area contributed by atoms with Crippen molar-refractivity contribution in [1.82, 2.24) is 0 Å². The van der Waals surface area contributed by atoms with Crippen molar-refractivity contribution < 1.29 is 0 Å². The van der Waals surface area contributed by atoms with Gasteiger partial charge in [-0.25, -0.2) is 0 Å². The van der Waals surface area contributed by atoms with Crippen molar-refractivity contribution in [3.63, 3.8) is 0 Å². The fourth-order valence-corrected chi connectivity index (χ4v) is 11.9. The zero-order valence-electron chi connectivity index (χ0n) is 32.1. The SMILES string of the molecule is c1ccc(N(c2ccc3c(c2)sc2c4ccccc4c(-c4ccc5c(c4)C4(c6ccccc6-c6ccccc64)c4ccccc4-5)cc32)c2cccc3ccccc23)cc1. The van der Waals surface area contributed by atoms with Crippen LogP contribution >= 0.6 is 11.3 Å². The van der Waals surface area contributed by atoms with Crippen LogP contribution in [0, 0.1) is 0 Å². The summed E-state index contributed by atoms with van der Waals surface area (Å²) in [5.74, 6) is 0. The minimum atomic E-state index is -0.380. The van der Waals surface area contributed by atoms with Gasteiger partial charge in [0, 0.05) is 42.3 Å². The van der Waals surface area contributed by atoms with Gasteiger partial charge < -0.3 is 4.90 Å². The molecule has 0 saturated heterocycles. The minimum Gasteiger partial charge on any atom is -0.310 e. The highest BCUT2D eigenvalue weighted by Gasteiger charge is 2.51. The summed E-state index contributed by atoms with van der Waals surface area (Å²) in [4.78, 5) is 2.41. The Morgan fingerprint density at radius 3 is 1.66 bits per heavy atom. The second-order valence-electron chi connectivity index (χ2n) is 15.9. The summed E-state index contributed by atoms with van der Waals surface area (Å²) in [5.41, 5.74) is 16.4. The highest BCUT2D eigenvalue weighted by molar-refractivity contribution is 7.26. The van der Waals surface area contributed by atoms with Crippen LogP contribution in [0.4, 0.5) is 17.1 Å². The Balaban J connectivity index is 1.03. The van der Waals surface area contributed by atoms with Crippen LogP contribution in [0.5, 0.6) is 0 Å². The van der Waals surface area contributed by atoms with E-state index in [9.17, 15) is 0 Å².